The van der Waals surface area contributed by atoms with Gasteiger partial charge in [0.05, 0.1) is 26.3 Å². The molecule has 0 aromatic carbocycles. The van der Waals surface area contributed by atoms with Crippen molar-refractivity contribution in [2.45, 2.75) is 46.5 Å². The summed E-state index contributed by atoms with van der Waals surface area (Å²) >= 11 is 5.31. The molecule has 0 unspecified atom stereocenters. The van der Waals surface area contributed by atoms with Crippen LogP contribution in [0.15, 0.2) is 5.10 Å². The summed E-state index contributed by atoms with van der Waals surface area (Å²) < 4.78 is 5.36. The lowest BCUT2D eigenvalue weighted by molar-refractivity contribution is -0.906. The van der Waals surface area contributed by atoms with Gasteiger partial charge in [0.1, 0.15) is 13.1 Å². The molecule has 1 saturated heterocycles. The highest BCUT2D eigenvalue weighted by Crippen LogP contribution is 2.36. The van der Waals surface area contributed by atoms with E-state index in [1.54, 1.807) is 4.90 Å². The SMILES string of the molecule is CC(C)(C)C1CCC(=NNC(=S)NCC[NH+]2CCOCC2)CC1. The molecule has 0 atom stereocenters. The first kappa shape index (κ1) is 18.6. The molecule has 0 spiro atoms. The zero-order chi connectivity index (χ0) is 16.7. The maximum Gasteiger partial charge on any atom is 0.187 e. The van der Waals surface area contributed by atoms with Gasteiger partial charge in [-0.25, -0.2) is 0 Å². The van der Waals surface area contributed by atoms with Gasteiger partial charge in [0.2, 0.25) is 0 Å². The Kier molecular flexibility index (Phi) is 7.24. The number of ether oxygens (including phenoxy) is 1. The van der Waals surface area contributed by atoms with Crippen molar-refractivity contribution in [1.29, 1.82) is 0 Å². The van der Waals surface area contributed by atoms with Gasteiger partial charge in [-0.3, -0.25) is 5.43 Å². The van der Waals surface area contributed by atoms with Gasteiger partial charge in [0.15, 0.2) is 5.11 Å². The minimum Gasteiger partial charge on any atom is -0.370 e. The third-order valence-electron chi connectivity index (χ3n) is 5.07. The third kappa shape index (κ3) is 6.73. The number of hydrogen-bond acceptors (Lipinski definition) is 3. The van der Waals surface area contributed by atoms with E-state index in [2.05, 4.69) is 36.6 Å². The van der Waals surface area contributed by atoms with E-state index in [1.807, 2.05) is 0 Å². The van der Waals surface area contributed by atoms with Crippen molar-refractivity contribution in [3.8, 4) is 0 Å². The Balaban J connectivity index is 1.60. The molecule has 3 N–H and O–H groups in total. The van der Waals surface area contributed by atoms with Crippen LogP contribution in [-0.4, -0.2) is 50.2 Å². The minimum atomic E-state index is 0.414. The normalized spacial score (nSPS) is 23.4. The van der Waals surface area contributed by atoms with Gasteiger partial charge in [-0.2, -0.15) is 5.10 Å². The fourth-order valence-corrected chi connectivity index (χ4v) is 3.51. The standard InChI is InChI=1S/C17H32N4OS/c1-17(2,3)14-4-6-15(7-5-14)19-20-16(23)18-8-9-21-10-12-22-13-11-21/h14H,4-13H2,1-3H3,(H2,18,20,23)/p+1. The molecule has 1 heterocycles. The van der Waals surface area contributed by atoms with Gasteiger partial charge in [-0.05, 0) is 49.2 Å². The number of nitrogens with zero attached hydrogens (tertiary/aromatic N) is 1. The van der Waals surface area contributed by atoms with Crippen LogP contribution in [0.25, 0.3) is 0 Å². The van der Waals surface area contributed by atoms with Crippen LogP contribution in [0, 0.1) is 11.3 Å². The Labute approximate surface area is 146 Å². The van der Waals surface area contributed by atoms with Gasteiger partial charge in [-0.1, -0.05) is 20.8 Å². The van der Waals surface area contributed by atoms with Crippen LogP contribution in [0.2, 0.25) is 0 Å². The van der Waals surface area contributed by atoms with E-state index in [0.717, 1.165) is 58.2 Å². The van der Waals surface area contributed by atoms with Crippen LogP contribution in [0.4, 0.5) is 0 Å². The molecule has 1 aliphatic carbocycles. The summed E-state index contributed by atoms with van der Waals surface area (Å²) in [5.41, 5.74) is 4.69. The van der Waals surface area contributed by atoms with E-state index in [9.17, 15) is 0 Å². The number of quaternary nitrogens is 1. The number of rotatable bonds is 4. The molecule has 6 heteroatoms. The van der Waals surface area contributed by atoms with E-state index >= 15 is 0 Å². The van der Waals surface area contributed by atoms with Crippen molar-refractivity contribution in [1.82, 2.24) is 10.7 Å². The van der Waals surface area contributed by atoms with Crippen LogP contribution in [0.5, 0.6) is 0 Å². The second-order valence-corrected chi connectivity index (χ2v) is 8.21. The lowest BCUT2D eigenvalue weighted by Crippen LogP contribution is -3.14. The second-order valence-electron chi connectivity index (χ2n) is 7.80. The quantitative estimate of drug-likeness (QED) is 0.527. The lowest BCUT2D eigenvalue weighted by atomic mass is 9.72. The molecule has 1 saturated carbocycles. The molecule has 0 aromatic heterocycles. The van der Waals surface area contributed by atoms with Gasteiger partial charge in [0, 0.05) is 5.71 Å². The van der Waals surface area contributed by atoms with E-state index in [0.29, 0.717) is 10.5 Å². The molecular formula is C17H33N4OS+. The first-order chi connectivity index (χ1) is 10.9. The van der Waals surface area contributed by atoms with Crippen molar-refractivity contribution in [2.75, 3.05) is 39.4 Å². The molecular weight excluding hydrogens is 308 g/mol. The molecule has 5 nitrogen and oxygen atoms in total. The fourth-order valence-electron chi connectivity index (χ4n) is 3.36. The van der Waals surface area contributed by atoms with E-state index in [4.69, 9.17) is 17.0 Å². The molecule has 0 bridgehead atoms. The summed E-state index contributed by atoms with van der Waals surface area (Å²) in [4.78, 5) is 1.58. The maximum absolute atomic E-state index is 5.36. The molecule has 1 aliphatic heterocycles. The number of thiocarbonyl (C=S) groups is 1. The molecule has 2 fully saturated rings. The molecule has 2 aliphatic rings. The van der Waals surface area contributed by atoms with Crippen LogP contribution in [-0.2, 0) is 4.74 Å². The highest BCUT2D eigenvalue weighted by atomic mass is 32.1. The first-order valence-corrected chi connectivity index (χ1v) is 9.36. The van der Waals surface area contributed by atoms with Crippen LogP contribution in [0.1, 0.15) is 46.5 Å². The van der Waals surface area contributed by atoms with Crippen molar-refractivity contribution < 1.29 is 9.64 Å². The topological polar surface area (TPSA) is 50.1 Å². The summed E-state index contributed by atoms with van der Waals surface area (Å²) in [6.45, 7) is 12.9. The van der Waals surface area contributed by atoms with Crippen molar-refractivity contribution >= 4 is 23.0 Å². The third-order valence-corrected chi connectivity index (χ3v) is 5.30. The smallest absolute Gasteiger partial charge is 0.187 e. The van der Waals surface area contributed by atoms with Crippen LogP contribution < -0.4 is 15.6 Å². The maximum atomic E-state index is 5.36. The summed E-state index contributed by atoms with van der Waals surface area (Å²) in [7, 11) is 0. The predicted octanol–water partition coefficient (Wildman–Crippen LogP) is 0.958. The second kappa shape index (κ2) is 8.94. The van der Waals surface area contributed by atoms with Crippen LogP contribution >= 0.6 is 12.2 Å². The van der Waals surface area contributed by atoms with Gasteiger partial charge in [0.25, 0.3) is 0 Å². The Bertz CT molecular complexity index is 403. The van der Waals surface area contributed by atoms with E-state index in [1.165, 1.54) is 18.6 Å². The molecule has 23 heavy (non-hydrogen) atoms. The summed E-state index contributed by atoms with van der Waals surface area (Å²) in [5.74, 6) is 0.808. The summed E-state index contributed by atoms with van der Waals surface area (Å²) in [6, 6.07) is 0. The predicted molar refractivity (Wildman–Crippen MR) is 99.0 cm³/mol. The highest BCUT2D eigenvalue weighted by Gasteiger charge is 2.28. The van der Waals surface area contributed by atoms with Crippen molar-refractivity contribution in [3.05, 3.63) is 0 Å². The Morgan fingerprint density at radius 2 is 1.91 bits per heavy atom. The summed E-state index contributed by atoms with van der Waals surface area (Å²) in [6.07, 6.45) is 4.67. The summed E-state index contributed by atoms with van der Waals surface area (Å²) in [5, 5.41) is 8.40. The minimum absolute atomic E-state index is 0.414. The van der Waals surface area contributed by atoms with E-state index in [-0.39, 0.29) is 0 Å². The van der Waals surface area contributed by atoms with Gasteiger partial charge in [-0.15, -0.1) is 0 Å². The highest BCUT2D eigenvalue weighted by molar-refractivity contribution is 7.80. The number of nitrogens with one attached hydrogen (secondary N) is 3. The largest absolute Gasteiger partial charge is 0.370 e. The number of hydrazone groups is 1. The lowest BCUT2D eigenvalue weighted by Gasteiger charge is -2.34. The van der Waals surface area contributed by atoms with Crippen molar-refractivity contribution in [3.63, 3.8) is 0 Å². The monoisotopic (exact) mass is 341 g/mol. The molecule has 0 radical (unpaired) electrons. The van der Waals surface area contributed by atoms with Crippen molar-refractivity contribution in [2.24, 2.45) is 16.4 Å². The number of morpholine rings is 1. The Morgan fingerprint density at radius 1 is 1.26 bits per heavy atom. The molecule has 2 rings (SSSR count). The average Bonchev–Trinajstić information content (AvgIpc) is 2.53. The fraction of sp³-hybridized carbons (Fsp3) is 0.882. The molecule has 0 amide bonds. The zero-order valence-corrected chi connectivity index (χ0v) is 15.7. The number of hydrogen-bond donors (Lipinski definition) is 3. The first-order valence-electron chi connectivity index (χ1n) is 8.96. The molecule has 132 valence electrons. The van der Waals surface area contributed by atoms with E-state index < -0.39 is 0 Å². The Hall–Kier alpha value is -0.720. The Morgan fingerprint density at radius 3 is 2.52 bits per heavy atom. The van der Waals surface area contributed by atoms with Gasteiger partial charge >= 0.3 is 0 Å². The van der Waals surface area contributed by atoms with Gasteiger partial charge < -0.3 is 15.0 Å². The zero-order valence-electron chi connectivity index (χ0n) is 14.9. The van der Waals surface area contributed by atoms with Crippen LogP contribution in [0.3, 0.4) is 0 Å². The molecule has 0 aromatic rings. The average molecular weight is 342 g/mol.